The van der Waals surface area contributed by atoms with Gasteiger partial charge in [0.1, 0.15) is 5.54 Å². The number of rotatable bonds is 1. The maximum absolute atomic E-state index is 8.00. The molecule has 0 fully saturated rings. The number of halogens is 1. The van der Waals surface area contributed by atoms with Gasteiger partial charge in [-0.05, 0) is 119 Å². The first-order valence-corrected chi connectivity index (χ1v) is 25.1. The van der Waals surface area contributed by atoms with Gasteiger partial charge < -0.3 is 4.57 Å². The van der Waals surface area contributed by atoms with Crippen LogP contribution in [0.25, 0.3) is 302 Å². The molecule has 0 N–H and O–H groups in total. The van der Waals surface area contributed by atoms with Crippen LogP contribution in [0.1, 0.15) is 16.7 Å². The van der Waals surface area contributed by atoms with Gasteiger partial charge in [0.05, 0.1) is 11.0 Å². The third-order valence-corrected chi connectivity index (χ3v) is 24.3. The van der Waals surface area contributed by atoms with Crippen LogP contribution in [0.15, 0.2) is 24.3 Å². The SMILES string of the molecule is Clc1ccccc1C12c3c4c5c1c1c6c7c5c5c8c4c4c9c3c3c%10c9c9c%11c4c8c4c8c5c7c5c7c6c6c%12c%13c7c7c5c8c5c4c%11c4c9c8c9c%11c4c5c7c%11c%13c4c9c(c8%10)c5c(c4%12)c(c16)n2c35. The predicted molar refractivity (Wildman–Crippen MR) is 286 cm³/mol. The molecule has 276 valence electrons. The summed E-state index contributed by atoms with van der Waals surface area (Å²) in [5, 5.41) is 88.2. The van der Waals surface area contributed by atoms with Crippen molar-refractivity contribution in [1.82, 2.24) is 4.57 Å². The molecule has 2 aliphatic heterocycles. The van der Waals surface area contributed by atoms with Crippen molar-refractivity contribution >= 4 is 313 Å². The topological polar surface area (TPSA) is 4.93 Å². The second-order valence-corrected chi connectivity index (χ2v) is 24.6. The summed E-state index contributed by atoms with van der Waals surface area (Å²) in [5.41, 5.74) is 6.88. The van der Waals surface area contributed by atoms with Gasteiger partial charge in [0.25, 0.3) is 0 Å². The van der Waals surface area contributed by atoms with Gasteiger partial charge in [-0.3, -0.25) is 0 Å². The Morgan fingerprint density at radius 2 is 0.403 bits per heavy atom. The van der Waals surface area contributed by atoms with E-state index in [1.54, 1.807) is 302 Å². The van der Waals surface area contributed by atoms with Gasteiger partial charge in [0.2, 0.25) is 0 Å². The molecule has 3 aliphatic rings. The molecule has 0 amide bonds. The molecule has 2 heteroatoms. The number of hydrogen-bond donors (Lipinski definition) is 0. The van der Waals surface area contributed by atoms with E-state index in [2.05, 4.69) is 28.8 Å². The van der Waals surface area contributed by atoms with E-state index in [0.717, 1.165) is 5.02 Å². The van der Waals surface area contributed by atoms with Crippen LogP contribution < -0.4 is 0 Å². The summed E-state index contributed by atoms with van der Waals surface area (Å²) in [6.07, 6.45) is 0. The Kier molecular flexibility index (Phi) is 1.98. The van der Waals surface area contributed by atoms with E-state index in [9.17, 15) is 0 Å². The van der Waals surface area contributed by atoms with Gasteiger partial charge in [-0.2, -0.15) is 0 Å². The van der Waals surface area contributed by atoms with Crippen molar-refractivity contribution in [2.45, 2.75) is 5.54 Å². The number of aromatic nitrogens is 1. The third-order valence-electron chi connectivity index (χ3n) is 24.0. The van der Waals surface area contributed by atoms with Gasteiger partial charge in [-0.25, -0.2) is 0 Å². The van der Waals surface area contributed by atoms with Crippen molar-refractivity contribution in [2.75, 3.05) is 0 Å². The molecule has 67 heavy (non-hydrogen) atoms. The van der Waals surface area contributed by atoms with E-state index in [-0.39, 0.29) is 0 Å². The first kappa shape index (κ1) is 24.3. The van der Waals surface area contributed by atoms with Crippen LogP contribution in [0, 0.1) is 0 Å². The van der Waals surface area contributed by atoms with Gasteiger partial charge in [0, 0.05) is 199 Å². The second kappa shape index (κ2) is 5.45. The third kappa shape index (κ3) is 1.28. The van der Waals surface area contributed by atoms with E-state index in [1.165, 1.54) is 16.6 Å². The largest absolute Gasteiger partial charge is 0.320 e. The molecule has 0 unspecified atom stereocenters. The highest BCUT2D eigenvalue weighted by atomic mass is 35.5. The number of nitrogens with zero attached hydrogens (tertiary/aromatic N) is 1. The number of hydrogen-bond acceptors (Lipinski definition) is 0. The molecular formula is C65H4ClN. The average molecular weight is 834 g/mol. The Bertz CT molecular complexity index is 6850. The van der Waals surface area contributed by atoms with Crippen molar-refractivity contribution in [3.05, 3.63) is 46.0 Å². The quantitative estimate of drug-likeness (QED) is 0.145. The minimum atomic E-state index is -0.607. The van der Waals surface area contributed by atoms with Crippen LogP contribution in [0.5, 0.6) is 0 Å². The van der Waals surface area contributed by atoms with Gasteiger partial charge in [-0.15, -0.1) is 0 Å². The summed E-state index contributed by atoms with van der Waals surface area (Å²) in [7, 11) is 0. The second-order valence-electron chi connectivity index (χ2n) is 24.2. The zero-order valence-corrected chi connectivity index (χ0v) is 34.4. The first-order valence-electron chi connectivity index (χ1n) is 24.7. The van der Waals surface area contributed by atoms with Gasteiger partial charge >= 0.3 is 0 Å². The monoisotopic (exact) mass is 833 g/mol. The fraction of sp³-hybridized carbons (Fsp3) is 0.0154. The minimum absolute atomic E-state index is 0.607. The summed E-state index contributed by atoms with van der Waals surface area (Å²) in [6, 6.07) is 9.19. The van der Waals surface area contributed by atoms with Crippen LogP contribution in [0.3, 0.4) is 0 Å². The Morgan fingerprint density at radius 3 is 0.642 bits per heavy atom. The summed E-state index contributed by atoms with van der Waals surface area (Å²) in [6.45, 7) is 0. The molecule has 3 heterocycles. The lowest BCUT2D eigenvalue weighted by Crippen LogP contribution is -2.39. The van der Waals surface area contributed by atoms with Crippen LogP contribution in [-0.2, 0) is 5.54 Å². The molecule has 33 rings (SSSR count). The maximum Gasteiger partial charge on any atom is 0.125 e. The molecule has 1 aromatic heterocycles. The molecule has 0 saturated heterocycles. The maximum atomic E-state index is 8.00. The minimum Gasteiger partial charge on any atom is -0.320 e. The molecule has 1 nitrogen and oxygen atoms in total. The van der Waals surface area contributed by atoms with Gasteiger partial charge in [-0.1, -0.05) is 29.8 Å². The highest BCUT2D eigenvalue weighted by Gasteiger charge is 2.60. The van der Waals surface area contributed by atoms with Crippen LogP contribution in [0.2, 0.25) is 5.02 Å². The van der Waals surface area contributed by atoms with E-state index in [1.807, 2.05) is 0 Å². The van der Waals surface area contributed by atoms with Crippen molar-refractivity contribution in [2.24, 2.45) is 0 Å². The molecular weight excluding hydrogens is 830 g/mol. The van der Waals surface area contributed by atoms with E-state index in [0.29, 0.717) is 0 Å². The Balaban J connectivity index is 1.26. The lowest BCUT2D eigenvalue weighted by atomic mass is 9.73. The first-order chi connectivity index (χ1) is 33.4. The predicted octanol–water partition coefficient (Wildman–Crippen LogP) is 18.6. The molecule has 0 radical (unpaired) electrons. The van der Waals surface area contributed by atoms with E-state index < -0.39 is 5.54 Å². The zero-order valence-electron chi connectivity index (χ0n) is 33.6. The molecule has 29 aromatic carbocycles. The fourth-order valence-electron chi connectivity index (χ4n) is 23.8. The summed E-state index contributed by atoms with van der Waals surface area (Å²) in [4.78, 5) is 0. The number of benzene rings is 19. The zero-order chi connectivity index (χ0) is 39.5. The van der Waals surface area contributed by atoms with Crippen LogP contribution in [0.4, 0.5) is 0 Å². The van der Waals surface area contributed by atoms with Crippen LogP contribution in [-0.4, -0.2) is 4.57 Å². The van der Waals surface area contributed by atoms with E-state index >= 15 is 0 Å². The molecule has 0 atom stereocenters. The molecule has 1 aliphatic carbocycles. The molecule has 0 spiro atoms. The Labute approximate surface area is 367 Å². The van der Waals surface area contributed by atoms with Crippen LogP contribution >= 0.6 is 11.6 Å². The Morgan fingerprint density at radius 1 is 0.224 bits per heavy atom. The summed E-state index contributed by atoms with van der Waals surface area (Å²) >= 11 is 8.00. The van der Waals surface area contributed by atoms with Crippen molar-refractivity contribution in [3.63, 3.8) is 0 Å². The highest BCUT2D eigenvalue weighted by molar-refractivity contribution is 6.83. The molecule has 30 aromatic rings. The smallest absolute Gasteiger partial charge is 0.125 e. The summed E-state index contributed by atoms with van der Waals surface area (Å²) in [5.74, 6) is 0. The molecule has 0 bridgehead atoms. The van der Waals surface area contributed by atoms with Crippen molar-refractivity contribution < 1.29 is 0 Å². The van der Waals surface area contributed by atoms with Crippen molar-refractivity contribution in [3.8, 4) is 0 Å². The highest BCUT2D eigenvalue weighted by Crippen LogP contribution is 2.81. The normalized spacial score (nSPS) is 18.3. The fourth-order valence-corrected chi connectivity index (χ4v) is 24.1. The summed E-state index contributed by atoms with van der Waals surface area (Å²) < 4.78 is 3.07. The molecule has 0 saturated carbocycles. The lowest BCUT2D eigenvalue weighted by Gasteiger charge is -2.42. The van der Waals surface area contributed by atoms with Crippen molar-refractivity contribution in [1.29, 1.82) is 0 Å². The Hall–Kier alpha value is -8.23. The van der Waals surface area contributed by atoms with E-state index in [4.69, 9.17) is 11.6 Å². The lowest BCUT2D eigenvalue weighted by molar-refractivity contribution is 0.572. The standard InChI is InChI=1S/C65H4ClN/c66-6-4-2-1-3-5(6)65-61-53-45-35-25-17-9-7-8-11-15-13(9)21-29(25)39(45)47-41-31(21)23(15)33-27-19(11)20-12(8)16-14-10(7)18(17)26-30-22(14)32-24(16)34-28(20)38-37(27)51-43(33)49(41)57(55(47)61)63-59(51)60-52(38)44(34)50-42(32)48-40(30)46(36(26)35)54(53)62(65)56(48)58(50)64(60)67(63)65/h1-4H. The van der Waals surface area contributed by atoms with Gasteiger partial charge in [0.15, 0.2) is 0 Å². The average Bonchev–Trinajstić information content (AvgIpc) is 4.19.